The molecule has 1 aromatic carbocycles. The predicted molar refractivity (Wildman–Crippen MR) is 123 cm³/mol. The molecule has 0 spiro atoms. The largest absolute Gasteiger partial charge is 0.361 e. The van der Waals surface area contributed by atoms with Gasteiger partial charge < -0.3 is 4.52 Å². The van der Waals surface area contributed by atoms with Crippen molar-refractivity contribution < 1.29 is 8.91 Å². The number of hydrogen-bond acceptors (Lipinski definition) is 5. The van der Waals surface area contributed by atoms with Crippen molar-refractivity contribution >= 4 is 0 Å². The van der Waals surface area contributed by atoms with E-state index in [0.29, 0.717) is 23.0 Å². The molecule has 0 amide bonds. The van der Waals surface area contributed by atoms with Crippen molar-refractivity contribution in [2.45, 2.75) is 51.4 Å². The number of aromatic nitrogens is 4. The van der Waals surface area contributed by atoms with Crippen molar-refractivity contribution in [2.24, 2.45) is 5.92 Å². The SMILES string of the molecule is Cc1cc(-c2nc(-c3ccccc3F)c3c(n2)[C@]2(C)Cc4cnoc4[C@H](C)[C@H]2CC3)ccn1. The van der Waals surface area contributed by atoms with Crippen molar-refractivity contribution in [1.29, 1.82) is 0 Å². The van der Waals surface area contributed by atoms with Crippen LogP contribution >= 0.6 is 0 Å². The molecule has 0 radical (unpaired) electrons. The topological polar surface area (TPSA) is 64.7 Å². The summed E-state index contributed by atoms with van der Waals surface area (Å²) in [6, 6.07) is 10.8. The first kappa shape index (κ1) is 20.2. The average molecular weight is 441 g/mol. The molecule has 0 aliphatic heterocycles. The fraction of sp³-hybridized carbons (Fsp3) is 0.333. The van der Waals surface area contributed by atoms with Crippen LogP contribution in [0.1, 0.15) is 54.5 Å². The van der Waals surface area contributed by atoms with Crippen molar-refractivity contribution in [3.8, 4) is 22.6 Å². The summed E-state index contributed by atoms with van der Waals surface area (Å²) >= 11 is 0. The highest BCUT2D eigenvalue weighted by atomic mass is 19.1. The molecular formula is C27H25FN4O. The number of halogens is 1. The van der Waals surface area contributed by atoms with Gasteiger partial charge in [-0.3, -0.25) is 4.98 Å². The number of aryl methyl sites for hydroxylation is 1. The van der Waals surface area contributed by atoms with Crippen LogP contribution in [0.4, 0.5) is 4.39 Å². The van der Waals surface area contributed by atoms with Crippen LogP contribution in [0.5, 0.6) is 0 Å². The van der Waals surface area contributed by atoms with E-state index in [1.807, 2.05) is 37.4 Å². The van der Waals surface area contributed by atoms with E-state index in [0.717, 1.165) is 53.1 Å². The summed E-state index contributed by atoms with van der Waals surface area (Å²) in [6.07, 6.45) is 6.20. The van der Waals surface area contributed by atoms with Gasteiger partial charge in [-0.2, -0.15) is 0 Å². The van der Waals surface area contributed by atoms with E-state index in [1.54, 1.807) is 12.3 Å². The maximum atomic E-state index is 15.0. The lowest BCUT2D eigenvalue weighted by atomic mass is 9.56. The normalized spacial score (nSPS) is 23.5. The summed E-state index contributed by atoms with van der Waals surface area (Å²) in [5, 5.41) is 4.09. The number of pyridine rings is 1. The number of nitrogens with zero attached hydrogens (tertiary/aromatic N) is 4. The zero-order valence-corrected chi connectivity index (χ0v) is 19.0. The fourth-order valence-electron chi connectivity index (χ4n) is 6.05. The van der Waals surface area contributed by atoms with Gasteiger partial charge in [-0.15, -0.1) is 0 Å². The van der Waals surface area contributed by atoms with Gasteiger partial charge in [0.05, 0.1) is 17.6 Å². The Bertz CT molecular complexity index is 1380. The van der Waals surface area contributed by atoms with Gasteiger partial charge in [0.25, 0.3) is 0 Å². The van der Waals surface area contributed by atoms with E-state index in [-0.39, 0.29) is 17.2 Å². The summed E-state index contributed by atoms with van der Waals surface area (Å²) in [7, 11) is 0. The monoisotopic (exact) mass is 440 g/mol. The molecule has 3 atom stereocenters. The van der Waals surface area contributed by atoms with Crippen molar-refractivity contribution in [3.63, 3.8) is 0 Å². The minimum absolute atomic E-state index is 0.217. The maximum absolute atomic E-state index is 15.0. The Kier molecular flexibility index (Phi) is 4.47. The van der Waals surface area contributed by atoms with Crippen LogP contribution in [0.3, 0.4) is 0 Å². The van der Waals surface area contributed by atoms with Crippen LogP contribution < -0.4 is 0 Å². The van der Waals surface area contributed by atoms with Crippen LogP contribution in [-0.4, -0.2) is 20.1 Å². The summed E-state index contributed by atoms with van der Waals surface area (Å²) < 4.78 is 20.6. The number of rotatable bonds is 2. The number of benzene rings is 1. The third-order valence-electron chi connectivity index (χ3n) is 7.61. The van der Waals surface area contributed by atoms with Crippen molar-refractivity contribution in [2.75, 3.05) is 0 Å². The Hall–Kier alpha value is -3.41. The third-order valence-corrected chi connectivity index (χ3v) is 7.61. The first-order chi connectivity index (χ1) is 16.0. The molecule has 0 N–H and O–H groups in total. The third kappa shape index (κ3) is 3.04. The first-order valence-electron chi connectivity index (χ1n) is 11.5. The van der Waals surface area contributed by atoms with Gasteiger partial charge in [0, 0.05) is 45.5 Å². The van der Waals surface area contributed by atoms with E-state index < -0.39 is 0 Å². The molecular weight excluding hydrogens is 415 g/mol. The van der Waals surface area contributed by atoms with Crippen molar-refractivity contribution in [3.05, 3.63) is 82.9 Å². The Morgan fingerprint density at radius 3 is 2.82 bits per heavy atom. The highest BCUT2D eigenvalue weighted by Gasteiger charge is 2.50. The van der Waals surface area contributed by atoms with Gasteiger partial charge in [-0.1, -0.05) is 31.1 Å². The second kappa shape index (κ2) is 7.30. The maximum Gasteiger partial charge on any atom is 0.160 e. The first-order valence-corrected chi connectivity index (χ1v) is 11.5. The standard InChI is InChI=1S/C27H25FN4O/c1-15-12-17(10-11-29-15)26-31-23(19-6-4-5-7-22(19)28)20-8-9-21-16(2)24-18(14-30-33-24)13-27(21,3)25(20)32-26/h4-7,10-12,14,16,21H,8-9,13H2,1-3H3/t16-,21-,27-/m1/s1. The van der Waals surface area contributed by atoms with Crippen LogP contribution in [0.2, 0.25) is 0 Å². The fourth-order valence-corrected chi connectivity index (χ4v) is 6.05. The second-order valence-electron chi connectivity index (χ2n) is 9.63. The Labute approximate surface area is 192 Å². The molecule has 3 aromatic heterocycles. The van der Waals surface area contributed by atoms with Crippen LogP contribution in [0.15, 0.2) is 53.3 Å². The Balaban J connectivity index is 1.63. The summed E-state index contributed by atoms with van der Waals surface area (Å²) in [4.78, 5) is 14.4. The number of fused-ring (bicyclic) bond motifs is 4. The molecule has 2 aliphatic carbocycles. The highest BCUT2D eigenvalue weighted by Crippen LogP contribution is 2.54. The molecule has 0 bridgehead atoms. The molecule has 0 saturated heterocycles. The molecule has 2 aliphatic rings. The van der Waals surface area contributed by atoms with E-state index in [9.17, 15) is 4.39 Å². The van der Waals surface area contributed by atoms with Crippen LogP contribution in [0, 0.1) is 18.7 Å². The van der Waals surface area contributed by atoms with Gasteiger partial charge in [0.1, 0.15) is 11.6 Å². The van der Waals surface area contributed by atoms with Gasteiger partial charge in [-0.05, 0) is 56.4 Å². The lowest BCUT2D eigenvalue weighted by molar-refractivity contribution is 0.172. The summed E-state index contributed by atoms with van der Waals surface area (Å²) in [5.41, 5.74) is 6.02. The zero-order chi connectivity index (χ0) is 22.7. The molecule has 0 saturated carbocycles. The molecule has 5 nitrogen and oxygen atoms in total. The predicted octanol–water partition coefficient (Wildman–Crippen LogP) is 5.82. The zero-order valence-electron chi connectivity index (χ0n) is 19.0. The highest BCUT2D eigenvalue weighted by molar-refractivity contribution is 5.69. The molecule has 6 heteroatoms. The molecule has 4 aromatic rings. The quantitative estimate of drug-likeness (QED) is 0.393. The molecule has 6 rings (SSSR count). The van der Waals surface area contributed by atoms with Crippen LogP contribution in [0.25, 0.3) is 22.6 Å². The minimum Gasteiger partial charge on any atom is -0.361 e. The molecule has 0 fully saturated rings. The molecule has 33 heavy (non-hydrogen) atoms. The van der Waals surface area contributed by atoms with Gasteiger partial charge in [-0.25, -0.2) is 14.4 Å². The second-order valence-corrected chi connectivity index (χ2v) is 9.63. The van der Waals surface area contributed by atoms with E-state index >= 15 is 0 Å². The smallest absolute Gasteiger partial charge is 0.160 e. The van der Waals surface area contributed by atoms with E-state index in [4.69, 9.17) is 14.5 Å². The summed E-state index contributed by atoms with van der Waals surface area (Å²) in [5.74, 6) is 1.95. The molecule has 3 heterocycles. The summed E-state index contributed by atoms with van der Waals surface area (Å²) in [6.45, 7) is 6.47. The lowest BCUT2D eigenvalue weighted by Gasteiger charge is -2.47. The minimum atomic E-state index is -0.263. The lowest BCUT2D eigenvalue weighted by Crippen LogP contribution is -2.45. The van der Waals surface area contributed by atoms with E-state index in [1.165, 1.54) is 6.07 Å². The average Bonchev–Trinajstić information content (AvgIpc) is 3.27. The Morgan fingerprint density at radius 2 is 2.00 bits per heavy atom. The van der Waals surface area contributed by atoms with Gasteiger partial charge in [0.2, 0.25) is 0 Å². The molecule has 166 valence electrons. The Morgan fingerprint density at radius 1 is 1.15 bits per heavy atom. The van der Waals surface area contributed by atoms with Gasteiger partial charge in [0.15, 0.2) is 5.82 Å². The molecule has 0 unspecified atom stereocenters. The van der Waals surface area contributed by atoms with Gasteiger partial charge >= 0.3 is 0 Å². The van der Waals surface area contributed by atoms with Crippen LogP contribution in [-0.2, 0) is 18.3 Å². The number of hydrogen-bond donors (Lipinski definition) is 0. The van der Waals surface area contributed by atoms with Crippen molar-refractivity contribution in [1.82, 2.24) is 20.1 Å². The van der Waals surface area contributed by atoms with E-state index in [2.05, 4.69) is 24.0 Å².